The Balaban J connectivity index is 1.31. The van der Waals surface area contributed by atoms with Crippen LogP contribution in [0, 0.1) is 0 Å². The molecule has 1 N–H and O–H groups in total. The third-order valence-electron chi connectivity index (χ3n) is 5.91. The highest BCUT2D eigenvalue weighted by Gasteiger charge is 2.24. The van der Waals surface area contributed by atoms with Crippen molar-refractivity contribution >= 4 is 17.7 Å². The summed E-state index contributed by atoms with van der Waals surface area (Å²) in [6, 6.07) is 19.0. The van der Waals surface area contributed by atoms with Gasteiger partial charge in [0.2, 0.25) is 0 Å². The van der Waals surface area contributed by atoms with Crippen LogP contribution in [0.25, 0.3) is 0 Å². The van der Waals surface area contributed by atoms with Gasteiger partial charge in [0, 0.05) is 23.3 Å². The van der Waals surface area contributed by atoms with Gasteiger partial charge in [-0.3, -0.25) is 4.79 Å². The van der Waals surface area contributed by atoms with E-state index in [2.05, 4.69) is 41.7 Å². The lowest BCUT2D eigenvalue weighted by Crippen LogP contribution is -2.37. The van der Waals surface area contributed by atoms with Gasteiger partial charge in [-0.05, 0) is 62.1 Å². The highest BCUT2D eigenvalue weighted by molar-refractivity contribution is 7.99. The number of amides is 1. The van der Waals surface area contributed by atoms with Crippen molar-refractivity contribution in [2.45, 2.75) is 61.5 Å². The quantitative estimate of drug-likeness (QED) is 0.664. The molecule has 2 aromatic rings. The van der Waals surface area contributed by atoms with Gasteiger partial charge in [0.1, 0.15) is 0 Å². The van der Waals surface area contributed by atoms with Crippen molar-refractivity contribution in [2.24, 2.45) is 0 Å². The van der Waals surface area contributed by atoms with Crippen LogP contribution in [0.4, 0.5) is 0 Å². The fourth-order valence-corrected chi connectivity index (χ4v) is 5.42. The molecule has 2 fully saturated rings. The van der Waals surface area contributed by atoms with Gasteiger partial charge in [0.15, 0.2) is 0 Å². The third kappa shape index (κ3) is 4.98. The molecule has 0 radical (unpaired) electrons. The lowest BCUT2D eigenvalue weighted by Gasteiger charge is -2.29. The molecule has 148 valence electrons. The molecule has 1 saturated carbocycles. The van der Waals surface area contributed by atoms with Gasteiger partial charge < -0.3 is 10.1 Å². The molecule has 0 aromatic heterocycles. The number of thioether (sulfide) groups is 1. The van der Waals surface area contributed by atoms with Crippen LogP contribution in [0.3, 0.4) is 0 Å². The summed E-state index contributed by atoms with van der Waals surface area (Å²) in [5.41, 5.74) is 2.24. The average molecular weight is 396 g/mol. The second-order valence-corrected chi connectivity index (χ2v) is 8.94. The zero-order valence-electron chi connectivity index (χ0n) is 16.3. The summed E-state index contributed by atoms with van der Waals surface area (Å²) in [7, 11) is 0. The Bertz CT molecular complexity index is 765. The monoisotopic (exact) mass is 395 g/mol. The van der Waals surface area contributed by atoms with Crippen molar-refractivity contribution in [1.82, 2.24) is 5.32 Å². The van der Waals surface area contributed by atoms with E-state index in [1.165, 1.54) is 5.56 Å². The van der Waals surface area contributed by atoms with Crippen LogP contribution >= 0.6 is 11.8 Å². The largest absolute Gasteiger partial charge is 0.377 e. The van der Waals surface area contributed by atoms with E-state index in [1.807, 2.05) is 18.2 Å². The minimum absolute atomic E-state index is 0.0681. The SMILES string of the molecule is O=C(NC1CCC(c2ccccc2)CC1)c1ccccc1SCC1CCCO1. The van der Waals surface area contributed by atoms with E-state index < -0.39 is 0 Å². The molecular weight excluding hydrogens is 366 g/mol. The van der Waals surface area contributed by atoms with Crippen molar-refractivity contribution in [2.75, 3.05) is 12.4 Å². The van der Waals surface area contributed by atoms with Crippen LogP contribution in [0.2, 0.25) is 0 Å². The third-order valence-corrected chi connectivity index (χ3v) is 7.12. The van der Waals surface area contributed by atoms with Gasteiger partial charge in [0.05, 0.1) is 11.7 Å². The Labute approximate surface area is 172 Å². The van der Waals surface area contributed by atoms with E-state index in [4.69, 9.17) is 4.74 Å². The number of carbonyl (C=O) groups excluding carboxylic acids is 1. The van der Waals surface area contributed by atoms with E-state index in [0.29, 0.717) is 12.0 Å². The first-order valence-corrected chi connectivity index (χ1v) is 11.5. The molecule has 1 aliphatic heterocycles. The second-order valence-electron chi connectivity index (χ2n) is 7.87. The van der Waals surface area contributed by atoms with E-state index in [9.17, 15) is 4.79 Å². The Hall–Kier alpha value is -1.78. The van der Waals surface area contributed by atoms with Crippen molar-refractivity contribution in [3.05, 3.63) is 65.7 Å². The van der Waals surface area contributed by atoms with Crippen molar-refractivity contribution in [3.63, 3.8) is 0 Å². The number of ether oxygens (including phenoxy) is 1. The fraction of sp³-hybridized carbons (Fsp3) is 0.458. The molecule has 1 saturated heterocycles. The zero-order valence-corrected chi connectivity index (χ0v) is 17.1. The van der Waals surface area contributed by atoms with Crippen molar-refractivity contribution < 1.29 is 9.53 Å². The number of hydrogen-bond donors (Lipinski definition) is 1. The molecule has 2 aliphatic rings. The van der Waals surface area contributed by atoms with Crippen LogP contribution in [0.5, 0.6) is 0 Å². The Morgan fingerprint density at radius 1 is 0.964 bits per heavy atom. The summed E-state index contributed by atoms with van der Waals surface area (Å²) in [6.45, 7) is 0.874. The first-order valence-electron chi connectivity index (χ1n) is 10.5. The number of hydrogen-bond acceptors (Lipinski definition) is 3. The predicted molar refractivity (Wildman–Crippen MR) is 115 cm³/mol. The van der Waals surface area contributed by atoms with Crippen LogP contribution < -0.4 is 5.32 Å². The molecule has 1 unspecified atom stereocenters. The Morgan fingerprint density at radius 2 is 1.71 bits per heavy atom. The van der Waals surface area contributed by atoms with E-state index in [1.54, 1.807) is 11.8 Å². The predicted octanol–water partition coefficient (Wildman–Crippen LogP) is 5.41. The van der Waals surface area contributed by atoms with E-state index in [0.717, 1.165) is 61.3 Å². The lowest BCUT2D eigenvalue weighted by atomic mass is 9.82. The standard InChI is InChI=1S/C24H29NO2S/c26-24(22-10-4-5-11-23(22)28-17-21-9-6-16-27-21)25-20-14-12-19(13-15-20)18-7-2-1-3-8-18/h1-5,7-8,10-11,19-21H,6,9,12-17H2,(H,25,26). The topological polar surface area (TPSA) is 38.3 Å². The molecule has 1 aliphatic carbocycles. The smallest absolute Gasteiger partial charge is 0.252 e. The molecule has 4 rings (SSSR count). The summed E-state index contributed by atoms with van der Waals surface area (Å²) >= 11 is 1.75. The Morgan fingerprint density at radius 3 is 2.46 bits per heavy atom. The van der Waals surface area contributed by atoms with E-state index >= 15 is 0 Å². The highest BCUT2D eigenvalue weighted by Crippen LogP contribution is 2.33. The molecule has 1 heterocycles. The first kappa shape index (κ1) is 19.5. The molecule has 1 amide bonds. The first-order chi connectivity index (χ1) is 13.8. The summed E-state index contributed by atoms with van der Waals surface area (Å²) in [5.74, 6) is 1.62. The van der Waals surface area contributed by atoms with Crippen LogP contribution in [0.1, 0.15) is 60.4 Å². The maximum atomic E-state index is 12.9. The summed E-state index contributed by atoms with van der Waals surface area (Å²) in [4.78, 5) is 14.0. The van der Waals surface area contributed by atoms with Crippen LogP contribution in [0.15, 0.2) is 59.5 Å². The van der Waals surface area contributed by atoms with E-state index in [-0.39, 0.29) is 11.9 Å². The number of carbonyl (C=O) groups is 1. The molecule has 28 heavy (non-hydrogen) atoms. The van der Waals surface area contributed by atoms with Gasteiger partial charge >= 0.3 is 0 Å². The number of benzene rings is 2. The lowest BCUT2D eigenvalue weighted by molar-refractivity contribution is 0.0922. The molecule has 4 heteroatoms. The highest BCUT2D eigenvalue weighted by atomic mass is 32.2. The average Bonchev–Trinajstić information content (AvgIpc) is 3.27. The maximum Gasteiger partial charge on any atom is 0.252 e. The summed E-state index contributed by atoms with van der Waals surface area (Å²) in [5, 5.41) is 3.29. The van der Waals surface area contributed by atoms with Crippen molar-refractivity contribution in [1.29, 1.82) is 0 Å². The van der Waals surface area contributed by atoms with Gasteiger partial charge in [-0.15, -0.1) is 11.8 Å². The summed E-state index contributed by atoms with van der Waals surface area (Å²) < 4.78 is 5.72. The zero-order chi connectivity index (χ0) is 19.2. The summed E-state index contributed by atoms with van der Waals surface area (Å²) in [6.07, 6.45) is 7.00. The number of nitrogens with one attached hydrogen (secondary N) is 1. The van der Waals surface area contributed by atoms with Crippen molar-refractivity contribution in [3.8, 4) is 0 Å². The van der Waals surface area contributed by atoms with Gasteiger partial charge in [-0.25, -0.2) is 0 Å². The Kier molecular flexibility index (Phi) is 6.71. The fourth-order valence-electron chi connectivity index (χ4n) is 4.30. The minimum atomic E-state index is 0.0681. The molecular formula is C24H29NO2S. The molecule has 0 bridgehead atoms. The molecule has 1 atom stereocenters. The number of rotatable bonds is 6. The molecule has 3 nitrogen and oxygen atoms in total. The maximum absolute atomic E-state index is 12.9. The van der Waals surface area contributed by atoms with Crippen LogP contribution in [-0.2, 0) is 4.74 Å². The van der Waals surface area contributed by atoms with Crippen LogP contribution in [-0.4, -0.2) is 30.4 Å². The van der Waals surface area contributed by atoms with Gasteiger partial charge in [-0.2, -0.15) is 0 Å². The van der Waals surface area contributed by atoms with Gasteiger partial charge in [-0.1, -0.05) is 42.5 Å². The minimum Gasteiger partial charge on any atom is -0.377 e. The normalized spacial score (nSPS) is 24.8. The van der Waals surface area contributed by atoms with Gasteiger partial charge in [0.25, 0.3) is 5.91 Å². The molecule has 0 spiro atoms. The molecule has 2 aromatic carbocycles. The second kappa shape index (κ2) is 9.62.